The Bertz CT molecular complexity index is 1190. The van der Waals surface area contributed by atoms with Gasteiger partial charge in [-0.3, -0.25) is 0 Å². The molecule has 0 aliphatic carbocycles. The third-order valence-electron chi connectivity index (χ3n) is 5.38. The highest BCUT2D eigenvalue weighted by atomic mass is 32.1. The summed E-state index contributed by atoms with van der Waals surface area (Å²) in [4.78, 5) is 1.32. The van der Waals surface area contributed by atoms with Gasteiger partial charge in [0.15, 0.2) is 0 Å². The normalized spacial score (nSPS) is 12.7. The number of aryl methyl sites for hydroxylation is 2. The van der Waals surface area contributed by atoms with Gasteiger partial charge in [0.05, 0.1) is 10.9 Å². The average Bonchev–Trinajstić information content (AvgIpc) is 3.10. The molecule has 2 aromatic heterocycles. The summed E-state index contributed by atoms with van der Waals surface area (Å²) in [6.45, 7) is 6.77. The summed E-state index contributed by atoms with van der Waals surface area (Å²) in [7, 11) is 2.17. The Morgan fingerprint density at radius 3 is 2.77 bits per heavy atom. The van der Waals surface area contributed by atoms with Crippen molar-refractivity contribution in [3.8, 4) is 22.8 Å². The molecule has 0 saturated heterocycles. The molecule has 0 atom stereocenters. The first-order valence-corrected chi connectivity index (χ1v) is 10.1. The number of fused-ring (bicyclic) bond motifs is 3. The van der Waals surface area contributed by atoms with Crippen LogP contribution in [0.5, 0.6) is 11.5 Å². The Hall–Kier alpha value is -2.39. The van der Waals surface area contributed by atoms with E-state index in [9.17, 15) is 0 Å². The fourth-order valence-electron chi connectivity index (χ4n) is 4.26. The largest absolute Gasteiger partial charge is 0.449 e. The number of benzene rings is 2. The van der Waals surface area contributed by atoms with Crippen molar-refractivity contribution >= 4 is 32.3 Å². The lowest BCUT2D eigenvalue weighted by Gasteiger charge is -2.23. The second-order valence-corrected chi connectivity index (χ2v) is 8.56. The average molecular weight is 361 g/mol. The maximum Gasteiger partial charge on any atom is 0.269 e. The summed E-state index contributed by atoms with van der Waals surface area (Å²) < 4.78 is 8.91. The molecule has 0 saturated carbocycles. The molecule has 0 N–H and O–H groups in total. The lowest BCUT2D eigenvalue weighted by Crippen LogP contribution is -2.33. The van der Waals surface area contributed by atoms with Crippen molar-refractivity contribution in [1.82, 2.24) is 0 Å². The maximum absolute atomic E-state index is 6.58. The monoisotopic (exact) mass is 360 g/mol. The number of hydrogen-bond acceptors (Lipinski definition) is 2. The number of rotatable bonds is 2. The van der Waals surface area contributed by atoms with Crippen molar-refractivity contribution in [1.29, 1.82) is 0 Å². The summed E-state index contributed by atoms with van der Waals surface area (Å²) in [5.74, 6) is 2.60. The zero-order valence-corrected chi connectivity index (χ0v) is 16.4. The van der Waals surface area contributed by atoms with Crippen LogP contribution < -0.4 is 9.30 Å². The lowest BCUT2D eigenvalue weighted by molar-refractivity contribution is -0.631. The standard InChI is InChI=1S/C23H22NOS/c1-13(2)12-17-16-10-11-26-23(16)24(4)21-19-14(3)8-9-15-6-5-7-18(20(15)19)25-22(17)21/h5-11,13H,12H2,1-4H3/q+1. The quantitative estimate of drug-likeness (QED) is 0.344. The van der Waals surface area contributed by atoms with Crippen LogP contribution in [0.1, 0.15) is 25.0 Å². The SMILES string of the molecule is Cc1ccc2cccc3c2c1-c1c(c(CC(C)C)c2ccsc2[n+]1C)O3. The molecule has 0 spiro atoms. The number of pyridine rings is 1. The highest BCUT2D eigenvalue weighted by Crippen LogP contribution is 2.49. The Morgan fingerprint density at radius 2 is 1.96 bits per heavy atom. The molecule has 26 heavy (non-hydrogen) atoms. The van der Waals surface area contributed by atoms with E-state index in [4.69, 9.17) is 4.74 Å². The van der Waals surface area contributed by atoms with Crippen molar-refractivity contribution in [2.45, 2.75) is 27.2 Å². The van der Waals surface area contributed by atoms with E-state index in [-0.39, 0.29) is 0 Å². The van der Waals surface area contributed by atoms with Crippen molar-refractivity contribution in [2.75, 3.05) is 0 Å². The van der Waals surface area contributed by atoms with Crippen molar-refractivity contribution in [3.63, 3.8) is 0 Å². The van der Waals surface area contributed by atoms with Gasteiger partial charge in [-0.15, -0.1) is 0 Å². The number of aromatic nitrogens is 1. The molecule has 3 heteroatoms. The molecular weight excluding hydrogens is 338 g/mol. The molecular formula is C23H22NOS+. The number of nitrogens with zero attached hydrogens (tertiary/aromatic N) is 1. The first-order valence-electron chi connectivity index (χ1n) is 9.19. The molecule has 130 valence electrons. The third-order valence-corrected chi connectivity index (χ3v) is 6.37. The van der Waals surface area contributed by atoms with Gasteiger partial charge in [-0.2, -0.15) is 4.57 Å². The van der Waals surface area contributed by atoms with Crippen molar-refractivity contribution < 1.29 is 9.30 Å². The van der Waals surface area contributed by atoms with E-state index in [1.54, 1.807) is 0 Å². The van der Waals surface area contributed by atoms with Crippen LogP contribution in [0.15, 0.2) is 41.8 Å². The van der Waals surface area contributed by atoms with Crippen molar-refractivity contribution in [3.05, 3.63) is 52.9 Å². The summed E-state index contributed by atoms with van der Waals surface area (Å²) in [5, 5.41) is 6.00. The van der Waals surface area contributed by atoms with Gasteiger partial charge in [0.25, 0.3) is 10.5 Å². The van der Waals surface area contributed by atoms with E-state index in [1.807, 2.05) is 11.3 Å². The van der Waals surface area contributed by atoms with Crippen LogP contribution in [0, 0.1) is 12.8 Å². The molecule has 4 aromatic rings. The highest BCUT2D eigenvalue weighted by Gasteiger charge is 2.34. The molecule has 0 bridgehead atoms. The molecule has 2 nitrogen and oxygen atoms in total. The van der Waals surface area contributed by atoms with Gasteiger partial charge in [0.1, 0.15) is 12.8 Å². The minimum Gasteiger partial charge on any atom is -0.449 e. The predicted molar refractivity (Wildman–Crippen MR) is 109 cm³/mol. The molecule has 0 amide bonds. The Morgan fingerprint density at radius 1 is 1.12 bits per heavy atom. The van der Waals surface area contributed by atoms with E-state index < -0.39 is 0 Å². The number of thiophene rings is 1. The van der Waals surface area contributed by atoms with Crippen LogP contribution in [0.3, 0.4) is 0 Å². The Labute approximate surface area is 157 Å². The van der Waals surface area contributed by atoms with Crippen LogP contribution in [0.4, 0.5) is 0 Å². The zero-order valence-electron chi connectivity index (χ0n) is 15.6. The van der Waals surface area contributed by atoms with E-state index in [2.05, 4.69) is 74.2 Å². The van der Waals surface area contributed by atoms with Crippen LogP contribution in [0.25, 0.3) is 32.2 Å². The van der Waals surface area contributed by atoms with Crippen LogP contribution in [-0.4, -0.2) is 0 Å². The van der Waals surface area contributed by atoms with E-state index in [1.165, 1.54) is 43.4 Å². The van der Waals surface area contributed by atoms with Gasteiger partial charge in [-0.1, -0.05) is 49.4 Å². The lowest BCUT2D eigenvalue weighted by atomic mass is 9.90. The van der Waals surface area contributed by atoms with Gasteiger partial charge in [-0.05, 0) is 47.7 Å². The van der Waals surface area contributed by atoms with Crippen LogP contribution >= 0.6 is 11.3 Å². The second-order valence-electron chi connectivity index (χ2n) is 7.67. The van der Waals surface area contributed by atoms with Gasteiger partial charge in [-0.25, -0.2) is 0 Å². The molecule has 0 radical (unpaired) electrons. The summed E-state index contributed by atoms with van der Waals surface area (Å²) in [6, 6.07) is 13.0. The smallest absolute Gasteiger partial charge is 0.269 e. The fourth-order valence-corrected chi connectivity index (χ4v) is 5.16. The summed E-state index contributed by atoms with van der Waals surface area (Å²) >= 11 is 1.81. The second kappa shape index (κ2) is 5.55. The van der Waals surface area contributed by atoms with E-state index in [0.29, 0.717) is 5.92 Å². The van der Waals surface area contributed by atoms with Gasteiger partial charge < -0.3 is 4.74 Å². The fraction of sp³-hybridized carbons (Fsp3) is 0.261. The maximum atomic E-state index is 6.58. The predicted octanol–water partition coefficient (Wildman–Crippen LogP) is 6.16. The molecule has 5 rings (SSSR count). The minimum absolute atomic E-state index is 0.576. The molecule has 1 aliphatic heterocycles. The highest BCUT2D eigenvalue weighted by molar-refractivity contribution is 7.16. The van der Waals surface area contributed by atoms with Crippen molar-refractivity contribution in [2.24, 2.45) is 13.0 Å². The van der Waals surface area contributed by atoms with Crippen LogP contribution in [0.2, 0.25) is 0 Å². The van der Waals surface area contributed by atoms with E-state index >= 15 is 0 Å². The van der Waals surface area contributed by atoms with Gasteiger partial charge in [0, 0.05) is 10.9 Å². The summed E-state index contributed by atoms with van der Waals surface area (Å²) in [6.07, 6.45) is 1.02. The summed E-state index contributed by atoms with van der Waals surface area (Å²) in [5.41, 5.74) is 5.19. The molecule has 3 heterocycles. The zero-order chi connectivity index (χ0) is 18.0. The molecule has 0 fully saturated rings. The first kappa shape index (κ1) is 15.8. The van der Waals surface area contributed by atoms with Crippen LogP contribution in [-0.2, 0) is 13.5 Å². The Balaban J connectivity index is 1.99. The first-order chi connectivity index (χ1) is 12.6. The number of ether oxygens (including phenoxy) is 1. The molecule has 2 aromatic carbocycles. The third kappa shape index (κ3) is 2.07. The minimum atomic E-state index is 0.576. The topological polar surface area (TPSA) is 13.1 Å². The molecule has 0 unspecified atom stereocenters. The van der Waals surface area contributed by atoms with Gasteiger partial charge in [0.2, 0.25) is 5.75 Å². The molecule has 1 aliphatic rings. The number of hydrogen-bond donors (Lipinski definition) is 0. The van der Waals surface area contributed by atoms with Gasteiger partial charge >= 0.3 is 0 Å². The Kier molecular flexibility index (Phi) is 3.38. The van der Waals surface area contributed by atoms with E-state index in [0.717, 1.165) is 17.9 Å².